The van der Waals surface area contributed by atoms with E-state index >= 15 is 0 Å². The highest BCUT2D eigenvalue weighted by molar-refractivity contribution is 5.68. The quantitative estimate of drug-likeness (QED) is 0.782. The van der Waals surface area contributed by atoms with Gasteiger partial charge in [0.2, 0.25) is 0 Å². The summed E-state index contributed by atoms with van der Waals surface area (Å²) in [6, 6.07) is 0. The maximum Gasteiger partial charge on any atom is 0.410 e. The molecule has 1 heterocycles. The second-order valence-corrected chi connectivity index (χ2v) is 6.90. The molecule has 1 saturated heterocycles. The number of nitrogens with zero attached hydrogens (tertiary/aromatic N) is 1. The van der Waals surface area contributed by atoms with E-state index in [1.165, 1.54) is 0 Å². The maximum atomic E-state index is 12.2. The third-order valence-corrected chi connectivity index (χ3v) is 3.86. The highest BCUT2D eigenvalue weighted by Crippen LogP contribution is 2.29. The minimum atomic E-state index is -0.463. The molecule has 21 heavy (non-hydrogen) atoms. The van der Waals surface area contributed by atoms with Crippen LogP contribution in [-0.2, 0) is 14.2 Å². The Morgan fingerprint density at radius 2 is 2.05 bits per heavy atom. The van der Waals surface area contributed by atoms with E-state index in [0.29, 0.717) is 13.2 Å². The summed E-state index contributed by atoms with van der Waals surface area (Å²) < 4.78 is 16.8. The average molecular weight is 301 g/mol. The molecular weight excluding hydrogens is 270 g/mol. The van der Waals surface area contributed by atoms with Crippen LogP contribution >= 0.6 is 0 Å². The molecule has 0 N–H and O–H groups in total. The van der Waals surface area contributed by atoms with E-state index in [1.807, 2.05) is 27.7 Å². The lowest BCUT2D eigenvalue weighted by Gasteiger charge is -2.42. The van der Waals surface area contributed by atoms with Gasteiger partial charge in [0.05, 0.1) is 24.9 Å². The first kappa shape index (κ1) is 18.2. The van der Waals surface area contributed by atoms with Crippen molar-refractivity contribution in [1.29, 1.82) is 0 Å². The van der Waals surface area contributed by atoms with E-state index in [2.05, 4.69) is 6.92 Å². The van der Waals surface area contributed by atoms with Gasteiger partial charge in [0.25, 0.3) is 0 Å². The van der Waals surface area contributed by atoms with Gasteiger partial charge in [0, 0.05) is 13.7 Å². The third kappa shape index (κ3) is 5.83. The Bertz CT molecular complexity index is 340. The molecule has 0 saturated carbocycles. The summed E-state index contributed by atoms with van der Waals surface area (Å²) in [5.74, 6) is 0. The molecule has 0 radical (unpaired) electrons. The number of ether oxygens (including phenoxy) is 3. The number of hydrogen-bond donors (Lipinski definition) is 0. The number of methoxy groups -OCH3 is 1. The Labute approximate surface area is 128 Å². The maximum absolute atomic E-state index is 12.2. The molecule has 0 aliphatic carbocycles. The molecule has 5 heteroatoms. The number of hydrogen-bond acceptors (Lipinski definition) is 4. The minimum absolute atomic E-state index is 0.0605. The van der Waals surface area contributed by atoms with Gasteiger partial charge in [-0.3, -0.25) is 0 Å². The van der Waals surface area contributed by atoms with Gasteiger partial charge in [-0.1, -0.05) is 6.92 Å². The van der Waals surface area contributed by atoms with Gasteiger partial charge in [0.1, 0.15) is 5.60 Å². The van der Waals surface area contributed by atoms with Gasteiger partial charge >= 0.3 is 6.09 Å². The van der Waals surface area contributed by atoms with Crippen LogP contribution in [0.1, 0.15) is 53.9 Å². The number of carbonyl (C=O) groups excluding carboxylic acids is 1. The highest BCUT2D eigenvalue weighted by Gasteiger charge is 2.38. The van der Waals surface area contributed by atoms with Crippen molar-refractivity contribution in [3.63, 3.8) is 0 Å². The van der Waals surface area contributed by atoms with Crippen molar-refractivity contribution in [1.82, 2.24) is 4.90 Å². The topological polar surface area (TPSA) is 48.0 Å². The smallest absolute Gasteiger partial charge is 0.410 e. The molecule has 0 aromatic carbocycles. The first-order chi connectivity index (χ1) is 9.71. The predicted molar refractivity (Wildman–Crippen MR) is 82.5 cm³/mol. The second-order valence-electron chi connectivity index (χ2n) is 6.90. The number of piperidine rings is 1. The van der Waals surface area contributed by atoms with Crippen molar-refractivity contribution in [3.05, 3.63) is 0 Å². The lowest BCUT2D eigenvalue weighted by atomic mass is 9.90. The summed E-state index contributed by atoms with van der Waals surface area (Å²) in [7, 11) is 1.68. The molecule has 2 unspecified atom stereocenters. The summed E-state index contributed by atoms with van der Waals surface area (Å²) in [4.78, 5) is 14.0. The molecule has 1 rings (SSSR count). The SMILES string of the molecule is CCC1(OCC(C)OC)CCCN(C(=O)OC(C)(C)C)C1. The Hall–Kier alpha value is -0.810. The number of carbonyl (C=O) groups is 1. The van der Waals surface area contributed by atoms with Crippen LogP contribution in [0.15, 0.2) is 0 Å². The van der Waals surface area contributed by atoms with E-state index in [1.54, 1.807) is 12.0 Å². The van der Waals surface area contributed by atoms with Gasteiger partial charge in [-0.15, -0.1) is 0 Å². The molecule has 0 spiro atoms. The van der Waals surface area contributed by atoms with Crippen molar-refractivity contribution in [2.24, 2.45) is 0 Å². The standard InChI is InChI=1S/C16H31NO4/c1-7-16(20-11-13(2)19-6)9-8-10-17(12-16)14(18)21-15(3,4)5/h13H,7-12H2,1-6H3. The van der Waals surface area contributed by atoms with Crippen molar-refractivity contribution in [2.75, 3.05) is 26.8 Å². The van der Waals surface area contributed by atoms with Crippen LogP contribution in [0.5, 0.6) is 0 Å². The van der Waals surface area contributed by atoms with E-state index in [-0.39, 0.29) is 17.8 Å². The fraction of sp³-hybridized carbons (Fsp3) is 0.938. The minimum Gasteiger partial charge on any atom is -0.444 e. The van der Waals surface area contributed by atoms with Crippen molar-refractivity contribution in [2.45, 2.75) is 71.2 Å². The molecule has 0 aromatic rings. The third-order valence-electron chi connectivity index (χ3n) is 3.86. The van der Waals surface area contributed by atoms with Crippen LogP contribution in [0.2, 0.25) is 0 Å². The molecule has 1 amide bonds. The van der Waals surface area contributed by atoms with Crippen LogP contribution in [0.4, 0.5) is 4.79 Å². The fourth-order valence-corrected chi connectivity index (χ4v) is 2.45. The molecule has 1 aliphatic rings. The largest absolute Gasteiger partial charge is 0.444 e. The molecule has 0 aromatic heterocycles. The van der Waals surface area contributed by atoms with Crippen LogP contribution in [0.3, 0.4) is 0 Å². The zero-order valence-electron chi connectivity index (χ0n) is 14.4. The van der Waals surface area contributed by atoms with Crippen LogP contribution < -0.4 is 0 Å². The Morgan fingerprint density at radius 1 is 1.38 bits per heavy atom. The van der Waals surface area contributed by atoms with Crippen LogP contribution in [0, 0.1) is 0 Å². The summed E-state index contributed by atoms with van der Waals surface area (Å²) in [6.07, 6.45) is 2.60. The number of rotatable bonds is 5. The van der Waals surface area contributed by atoms with E-state index in [9.17, 15) is 4.79 Å². The van der Waals surface area contributed by atoms with Crippen molar-refractivity contribution < 1.29 is 19.0 Å². The lowest BCUT2D eigenvalue weighted by molar-refractivity contribution is -0.117. The fourth-order valence-electron chi connectivity index (χ4n) is 2.45. The Morgan fingerprint density at radius 3 is 2.57 bits per heavy atom. The summed E-state index contributed by atoms with van der Waals surface area (Å²) in [6.45, 7) is 11.6. The normalized spacial score (nSPS) is 24.8. The molecule has 5 nitrogen and oxygen atoms in total. The first-order valence-corrected chi connectivity index (χ1v) is 7.86. The van der Waals surface area contributed by atoms with E-state index in [4.69, 9.17) is 14.2 Å². The molecule has 1 fully saturated rings. The van der Waals surface area contributed by atoms with Crippen molar-refractivity contribution >= 4 is 6.09 Å². The number of amides is 1. The van der Waals surface area contributed by atoms with E-state index < -0.39 is 5.60 Å². The molecule has 1 aliphatic heterocycles. The zero-order valence-corrected chi connectivity index (χ0v) is 14.4. The lowest BCUT2D eigenvalue weighted by Crippen LogP contribution is -2.53. The Kier molecular flexibility index (Phi) is 6.47. The summed E-state index contributed by atoms with van der Waals surface area (Å²) in [5.41, 5.74) is -0.739. The van der Waals surface area contributed by atoms with Gasteiger partial charge < -0.3 is 19.1 Å². The monoisotopic (exact) mass is 301 g/mol. The average Bonchev–Trinajstić information content (AvgIpc) is 2.43. The second kappa shape index (κ2) is 7.45. The van der Waals surface area contributed by atoms with Gasteiger partial charge in [-0.25, -0.2) is 4.79 Å². The van der Waals surface area contributed by atoms with Gasteiger partial charge in [0.15, 0.2) is 0 Å². The van der Waals surface area contributed by atoms with Crippen LogP contribution in [-0.4, -0.2) is 55.1 Å². The van der Waals surface area contributed by atoms with Crippen LogP contribution in [0.25, 0.3) is 0 Å². The van der Waals surface area contributed by atoms with E-state index in [0.717, 1.165) is 25.8 Å². The zero-order chi connectivity index (χ0) is 16.1. The molecule has 0 bridgehead atoms. The summed E-state index contributed by atoms with van der Waals surface area (Å²) >= 11 is 0. The molecular formula is C16H31NO4. The van der Waals surface area contributed by atoms with Gasteiger partial charge in [-0.05, 0) is 47.0 Å². The Balaban J connectivity index is 2.64. The van der Waals surface area contributed by atoms with Crippen molar-refractivity contribution in [3.8, 4) is 0 Å². The summed E-state index contributed by atoms with van der Waals surface area (Å²) in [5, 5.41) is 0. The van der Waals surface area contributed by atoms with Gasteiger partial charge in [-0.2, -0.15) is 0 Å². The number of likely N-dealkylation sites (tertiary alicyclic amines) is 1. The first-order valence-electron chi connectivity index (χ1n) is 7.86. The highest BCUT2D eigenvalue weighted by atomic mass is 16.6. The molecule has 124 valence electrons. The predicted octanol–water partition coefficient (Wildman–Crippen LogP) is 3.22. The molecule has 2 atom stereocenters.